The van der Waals surface area contributed by atoms with Gasteiger partial charge < -0.3 is 15.5 Å². The normalized spacial score (nSPS) is 18.7. The monoisotopic (exact) mass is 551 g/mol. The largest absolute Gasteiger partial charge is 0.355 e. The summed E-state index contributed by atoms with van der Waals surface area (Å²) in [7, 11) is 1.82. The van der Waals surface area contributed by atoms with Gasteiger partial charge >= 0.3 is 0 Å². The highest BCUT2D eigenvalue weighted by atomic mass is 127. The van der Waals surface area contributed by atoms with Crippen LogP contribution in [0.25, 0.3) is 0 Å². The molecule has 0 aromatic heterocycles. The Hall–Kier alpha value is -0.710. The van der Waals surface area contributed by atoms with Gasteiger partial charge in [0.2, 0.25) is 5.91 Å². The highest BCUT2D eigenvalue weighted by Crippen LogP contribution is 2.27. The van der Waals surface area contributed by atoms with E-state index in [1.807, 2.05) is 25.2 Å². The SMILES string of the molecule is CN=C(NCC(SC)c1cccc(Cl)c1)N1CCN(CC(=O)NC2CC2)CC1.I. The first kappa shape index (κ1) is 24.6. The van der Waals surface area contributed by atoms with Gasteiger partial charge in [-0.2, -0.15) is 11.8 Å². The summed E-state index contributed by atoms with van der Waals surface area (Å²) in [5.41, 5.74) is 1.22. The van der Waals surface area contributed by atoms with E-state index in [-0.39, 0.29) is 29.9 Å². The molecular weight excluding hydrogens is 521 g/mol. The second-order valence-electron chi connectivity index (χ2n) is 7.31. The highest BCUT2D eigenvalue weighted by Gasteiger charge is 2.26. The number of amides is 1. The molecule has 1 amide bonds. The van der Waals surface area contributed by atoms with Gasteiger partial charge in [0.25, 0.3) is 0 Å². The van der Waals surface area contributed by atoms with Gasteiger partial charge in [-0.15, -0.1) is 24.0 Å². The minimum atomic E-state index is 0. The van der Waals surface area contributed by atoms with Crippen LogP contribution in [0.2, 0.25) is 5.02 Å². The molecule has 0 radical (unpaired) electrons. The van der Waals surface area contributed by atoms with Crippen LogP contribution in [0.3, 0.4) is 0 Å². The second-order valence-corrected chi connectivity index (χ2v) is 8.79. The van der Waals surface area contributed by atoms with Crippen molar-refractivity contribution in [3.63, 3.8) is 0 Å². The quantitative estimate of drug-likeness (QED) is 0.310. The number of nitrogens with zero attached hydrogens (tertiary/aromatic N) is 3. The molecular formula is C20H31ClIN5OS. The fourth-order valence-corrected chi connectivity index (χ4v) is 4.25. The summed E-state index contributed by atoms with van der Waals surface area (Å²) in [5, 5.41) is 7.65. The van der Waals surface area contributed by atoms with Gasteiger partial charge in [0.05, 0.1) is 6.54 Å². The predicted octanol–water partition coefficient (Wildman–Crippen LogP) is 2.83. The molecule has 6 nitrogen and oxygen atoms in total. The first-order chi connectivity index (χ1) is 13.6. The molecule has 0 spiro atoms. The molecule has 1 aliphatic carbocycles. The Balaban J connectivity index is 0.00000300. The molecule has 29 heavy (non-hydrogen) atoms. The maximum Gasteiger partial charge on any atom is 0.234 e. The van der Waals surface area contributed by atoms with Crippen molar-refractivity contribution in [1.82, 2.24) is 20.4 Å². The van der Waals surface area contributed by atoms with E-state index in [2.05, 4.69) is 37.7 Å². The first-order valence-corrected chi connectivity index (χ1v) is 11.5. The molecule has 2 aliphatic rings. The number of aliphatic imine (C=N–C) groups is 1. The van der Waals surface area contributed by atoms with Gasteiger partial charge in [-0.3, -0.25) is 14.7 Å². The molecule has 9 heteroatoms. The Morgan fingerprint density at radius 2 is 2.03 bits per heavy atom. The second kappa shape index (κ2) is 12.2. The third-order valence-corrected chi connectivity index (χ3v) is 6.39. The lowest BCUT2D eigenvalue weighted by Crippen LogP contribution is -2.54. The zero-order valence-corrected chi connectivity index (χ0v) is 21.0. The molecule has 1 aromatic carbocycles. The van der Waals surface area contributed by atoms with Crippen LogP contribution in [0.4, 0.5) is 0 Å². The number of carbonyl (C=O) groups excluding carboxylic acids is 1. The summed E-state index contributed by atoms with van der Waals surface area (Å²) in [6.45, 7) is 4.78. The third-order valence-electron chi connectivity index (χ3n) is 5.14. The van der Waals surface area contributed by atoms with Crippen LogP contribution in [0, 0.1) is 0 Å². The molecule has 1 aromatic rings. The standard InChI is InChI=1S/C20H30ClN5OS.HI/c1-22-20(23-13-18(28-2)15-4-3-5-16(21)12-15)26-10-8-25(9-11-26)14-19(27)24-17-6-7-17;/h3-5,12,17-18H,6-11,13-14H2,1-2H3,(H,22,23)(H,24,27);1H. The smallest absolute Gasteiger partial charge is 0.234 e. The fourth-order valence-electron chi connectivity index (χ4n) is 3.38. The van der Waals surface area contributed by atoms with E-state index < -0.39 is 0 Å². The first-order valence-electron chi connectivity index (χ1n) is 9.84. The molecule has 1 heterocycles. The van der Waals surface area contributed by atoms with Crippen molar-refractivity contribution >= 4 is 59.2 Å². The van der Waals surface area contributed by atoms with Gasteiger partial charge in [0.15, 0.2) is 5.96 Å². The molecule has 1 aliphatic heterocycles. The summed E-state index contributed by atoms with van der Waals surface area (Å²) >= 11 is 7.94. The van der Waals surface area contributed by atoms with Crippen molar-refractivity contribution in [1.29, 1.82) is 0 Å². The molecule has 2 fully saturated rings. The van der Waals surface area contributed by atoms with Crippen molar-refractivity contribution in [2.45, 2.75) is 24.1 Å². The number of halogens is 2. The lowest BCUT2D eigenvalue weighted by Gasteiger charge is -2.36. The van der Waals surface area contributed by atoms with E-state index in [0.717, 1.165) is 56.5 Å². The van der Waals surface area contributed by atoms with Crippen LogP contribution >= 0.6 is 47.3 Å². The number of hydrogen-bond donors (Lipinski definition) is 2. The van der Waals surface area contributed by atoms with Crippen LogP contribution in [0.5, 0.6) is 0 Å². The lowest BCUT2D eigenvalue weighted by atomic mass is 10.1. The van der Waals surface area contributed by atoms with Crippen molar-refractivity contribution in [3.05, 3.63) is 34.9 Å². The molecule has 1 unspecified atom stereocenters. The van der Waals surface area contributed by atoms with Gasteiger partial charge in [0.1, 0.15) is 0 Å². The summed E-state index contributed by atoms with van der Waals surface area (Å²) < 4.78 is 0. The Bertz CT molecular complexity index is 695. The fraction of sp³-hybridized carbons (Fsp3) is 0.600. The van der Waals surface area contributed by atoms with Crippen molar-refractivity contribution in [2.75, 3.05) is 52.6 Å². The molecule has 1 atom stereocenters. The molecule has 162 valence electrons. The molecule has 3 rings (SSSR count). The van der Waals surface area contributed by atoms with Gasteiger partial charge in [0, 0.05) is 56.1 Å². The van der Waals surface area contributed by atoms with E-state index in [0.29, 0.717) is 17.8 Å². The maximum atomic E-state index is 12.0. The number of piperazine rings is 1. The Labute approximate surface area is 200 Å². The minimum absolute atomic E-state index is 0. The van der Waals surface area contributed by atoms with Crippen molar-refractivity contribution in [3.8, 4) is 0 Å². The number of benzene rings is 1. The van der Waals surface area contributed by atoms with Crippen molar-refractivity contribution in [2.24, 2.45) is 4.99 Å². The van der Waals surface area contributed by atoms with E-state index in [1.54, 1.807) is 11.8 Å². The average Bonchev–Trinajstić information content (AvgIpc) is 3.50. The number of carbonyl (C=O) groups is 1. The highest BCUT2D eigenvalue weighted by molar-refractivity contribution is 14.0. The topological polar surface area (TPSA) is 60.0 Å². The summed E-state index contributed by atoms with van der Waals surface area (Å²) in [4.78, 5) is 20.9. The Morgan fingerprint density at radius 1 is 1.31 bits per heavy atom. The molecule has 2 N–H and O–H groups in total. The third kappa shape index (κ3) is 7.80. The van der Waals surface area contributed by atoms with E-state index in [1.165, 1.54) is 5.56 Å². The van der Waals surface area contributed by atoms with Gasteiger partial charge in [-0.05, 0) is 36.8 Å². The van der Waals surface area contributed by atoms with Crippen molar-refractivity contribution < 1.29 is 4.79 Å². The van der Waals surface area contributed by atoms with Crippen LogP contribution in [-0.4, -0.2) is 80.3 Å². The zero-order valence-electron chi connectivity index (χ0n) is 17.1. The number of hydrogen-bond acceptors (Lipinski definition) is 4. The summed E-state index contributed by atoms with van der Waals surface area (Å²) in [5.74, 6) is 1.07. The van der Waals surface area contributed by atoms with E-state index in [4.69, 9.17) is 11.6 Å². The number of rotatable bonds is 7. The summed E-state index contributed by atoms with van der Waals surface area (Å²) in [6, 6.07) is 8.47. The van der Waals surface area contributed by atoms with Crippen LogP contribution in [0.1, 0.15) is 23.7 Å². The predicted molar refractivity (Wildman–Crippen MR) is 134 cm³/mol. The number of nitrogens with one attached hydrogen (secondary N) is 2. The lowest BCUT2D eigenvalue weighted by molar-refractivity contribution is -0.122. The van der Waals surface area contributed by atoms with Crippen LogP contribution in [0.15, 0.2) is 29.3 Å². The molecule has 1 saturated carbocycles. The minimum Gasteiger partial charge on any atom is -0.355 e. The molecule has 1 saturated heterocycles. The maximum absolute atomic E-state index is 12.0. The van der Waals surface area contributed by atoms with Gasteiger partial charge in [-0.25, -0.2) is 0 Å². The Morgan fingerprint density at radius 3 is 2.62 bits per heavy atom. The number of guanidine groups is 1. The molecule has 0 bridgehead atoms. The van der Waals surface area contributed by atoms with E-state index in [9.17, 15) is 4.79 Å². The van der Waals surface area contributed by atoms with Gasteiger partial charge in [-0.1, -0.05) is 23.7 Å². The van der Waals surface area contributed by atoms with Crippen LogP contribution in [-0.2, 0) is 4.79 Å². The zero-order chi connectivity index (χ0) is 19.9. The Kier molecular flexibility index (Phi) is 10.3. The summed E-state index contributed by atoms with van der Waals surface area (Å²) in [6.07, 6.45) is 4.38. The van der Waals surface area contributed by atoms with E-state index >= 15 is 0 Å². The number of thioether (sulfide) groups is 1. The average molecular weight is 552 g/mol. The van der Waals surface area contributed by atoms with Crippen LogP contribution < -0.4 is 10.6 Å².